The number of allylic oxidation sites excluding steroid dienone is 1. The Hall–Kier alpha value is -1.84. The minimum absolute atomic E-state index is 0.287. The van der Waals surface area contributed by atoms with Gasteiger partial charge in [0.25, 0.3) is 0 Å². The van der Waals surface area contributed by atoms with E-state index < -0.39 is 0 Å². The van der Waals surface area contributed by atoms with E-state index in [9.17, 15) is 0 Å². The van der Waals surface area contributed by atoms with E-state index in [0.717, 1.165) is 37.5 Å². The molecule has 0 aliphatic carbocycles. The normalized spacial score (nSPS) is 18.4. The van der Waals surface area contributed by atoms with Crippen molar-refractivity contribution >= 4 is 6.08 Å². The third-order valence-electron chi connectivity index (χ3n) is 6.43. The fraction of sp³-hybridized carbons (Fsp3) is 0.538. The molecule has 1 aliphatic rings. The fourth-order valence-electron chi connectivity index (χ4n) is 4.47. The predicted molar refractivity (Wildman–Crippen MR) is 128 cm³/mol. The Morgan fingerprint density at radius 1 is 1.34 bits per heavy atom. The van der Waals surface area contributed by atoms with Gasteiger partial charge in [0.15, 0.2) is 0 Å². The van der Waals surface area contributed by atoms with Gasteiger partial charge in [-0.05, 0) is 75.9 Å². The van der Waals surface area contributed by atoms with Crippen molar-refractivity contribution in [1.29, 1.82) is 0 Å². The van der Waals surface area contributed by atoms with Crippen LogP contribution in [0.15, 0.2) is 49.7 Å². The second-order valence-corrected chi connectivity index (χ2v) is 8.48. The van der Waals surface area contributed by atoms with E-state index in [-0.39, 0.29) is 6.04 Å². The predicted octanol–water partition coefficient (Wildman–Crippen LogP) is 5.25. The van der Waals surface area contributed by atoms with E-state index >= 15 is 0 Å². The fourth-order valence-corrected chi connectivity index (χ4v) is 4.47. The van der Waals surface area contributed by atoms with Gasteiger partial charge < -0.3 is 10.2 Å². The van der Waals surface area contributed by atoms with Gasteiger partial charge in [0.1, 0.15) is 0 Å². The smallest absolute Gasteiger partial charge is 0.0492 e. The number of piperidine rings is 1. The second-order valence-electron chi connectivity index (χ2n) is 8.48. The summed E-state index contributed by atoms with van der Waals surface area (Å²) in [6.45, 7) is 14.3. The molecular formula is C26H41N3. The second kappa shape index (κ2) is 12.0. The zero-order valence-electron chi connectivity index (χ0n) is 18.9. The van der Waals surface area contributed by atoms with Crippen molar-refractivity contribution in [1.82, 2.24) is 15.1 Å². The van der Waals surface area contributed by atoms with Crippen LogP contribution in [0.3, 0.4) is 0 Å². The van der Waals surface area contributed by atoms with Crippen molar-refractivity contribution in [2.45, 2.75) is 63.6 Å². The summed E-state index contributed by atoms with van der Waals surface area (Å²) >= 11 is 0. The number of likely N-dealkylation sites (tertiary alicyclic amines) is 1. The molecule has 160 valence electrons. The van der Waals surface area contributed by atoms with Gasteiger partial charge in [-0.25, -0.2) is 0 Å². The first-order chi connectivity index (χ1) is 14.0. The van der Waals surface area contributed by atoms with Gasteiger partial charge in [-0.2, -0.15) is 0 Å². The Labute approximate surface area is 179 Å². The molecule has 1 saturated heterocycles. The Morgan fingerprint density at radius 3 is 2.79 bits per heavy atom. The van der Waals surface area contributed by atoms with Crippen LogP contribution in [0.2, 0.25) is 0 Å². The molecule has 1 N–H and O–H groups in total. The number of nitrogens with one attached hydrogen (secondary N) is 1. The number of hydrogen-bond donors (Lipinski definition) is 1. The molecule has 0 radical (unpaired) electrons. The van der Waals surface area contributed by atoms with Crippen LogP contribution in [0.25, 0.3) is 6.08 Å². The first kappa shape index (κ1) is 23.4. The highest BCUT2D eigenvalue weighted by molar-refractivity contribution is 5.53. The number of benzene rings is 1. The average molecular weight is 396 g/mol. The molecule has 0 bridgehead atoms. The summed E-state index contributed by atoms with van der Waals surface area (Å²) in [5.74, 6) is 0. The van der Waals surface area contributed by atoms with E-state index in [0.29, 0.717) is 0 Å². The average Bonchev–Trinajstić information content (AvgIpc) is 2.73. The Kier molecular flexibility index (Phi) is 9.69. The summed E-state index contributed by atoms with van der Waals surface area (Å²) in [6.07, 6.45) is 12.4. The van der Waals surface area contributed by atoms with Crippen LogP contribution >= 0.6 is 0 Å². The highest BCUT2D eigenvalue weighted by atomic mass is 15.1. The molecule has 3 nitrogen and oxygen atoms in total. The highest BCUT2D eigenvalue weighted by Crippen LogP contribution is 2.23. The van der Waals surface area contributed by atoms with Crippen LogP contribution in [0.5, 0.6) is 0 Å². The summed E-state index contributed by atoms with van der Waals surface area (Å²) in [5, 5.41) is 3.25. The summed E-state index contributed by atoms with van der Waals surface area (Å²) in [7, 11) is 6.42. The van der Waals surface area contributed by atoms with Crippen molar-refractivity contribution in [3.8, 4) is 0 Å². The molecule has 3 heteroatoms. The first-order valence-electron chi connectivity index (χ1n) is 11.1. The number of aryl methyl sites for hydroxylation is 1. The maximum Gasteiger partial charge on any atom is 0.0492 e. The molecule has 0 amide bonds. The molecule has 1 aromatic carbocycles. The molecule has 29 heavy (non-hydrogen) atoms. The third-order valence-corrected chi connectivity index (χ3v) is 6.43. The molecule has 0 spiro atoms. The van der Waals surface area contributed by atoms with Crippen LogP contribution in [-0.2, 0) is 13.0 Å². The Balaban J connectivity index is 2.09. The van der Waals surface area contributed by atoms with Crippen LogP contribution in [0, 0.1) is 0 Å². The van der Waals surface area contributed by atoms with Crippen molar-refractivity contribution in [3.05, 3.63) is 66.4 Å². The lowest BCUT2D eigenvalue weighted by Crippen LogP contribution is -2.36. The first-order valence-corrected chi connectivity index (χ1v) is 11.1. The summed E-state index contributed by atoms with van der Waals surface area (Å²) < 4.78 is 0. The number of rotatable bonds is 12. The SMILES string of the molecule is C=CCCC(C(=C)NC)N(C)Cc1cc(CCC2CCCCN2C)ccc1C=C. The molecule has 2 rings (SSSR count). The van der Waals surface area contributed by atoms with Crippen molar-refractivity contribution in [2.24, 2.45) is 0 Å². The van der Waals surface area contributed by atoms with Gasteiger partial charge >= 0.3 is 0 Å². The minimum atomic E-state index is 0.287. The zero-order chi connectivity index (χ0) is 21.2. The van der Waals surface area contributed by atoms with E-state index in [1.54, 1.807) is 0 Å². The van der Waals surface area contributed by atoms with E-state index in [1.807, 2.05) is 19.2 Å². The maximum absolute atomic E-state index is 4.23. The Morgan fingerprint density at radius 2 is 2.14 bits per heavy atom. The number of likely N-dealkylation sites (N-methyl/N-ethyl adjacent to an activating group) is 2. The third kappa shape index (κ3) is 6.87. The van der Waals surface area contributed by atoms with Gasteiger partial charge in [-0.15, -0.1) is 6.58 Å². The largest absolute Gasteiger partial charge is 0.391 e. The van der Waals surface area contributed by atoms with E-state index in [2.05, 4.69) is 67.1 Å². The standard InChI is InChI=1S/C26H41N3/c1-7-9-13-26(21(3)27-4)29(6)20-24-19-22(14-16-23(24)8-2)15-17-25-12-10-11-18-28(25)5/h7-8,14,16,19,25-27H,1-3,9-13,15,17-18,20H2,4-6H3. The molecule has 1 fully saturated rings. The van der Waals surface area contributed by atoms with Gasteiger partial charge in [0, 0.05) is 31.4 Å². The van der Waals surface area contributed by atoms with E-state index in [1.165, 1.54) is 48.9 Å². The van der Waals surface area contributed by atoms with Gasteiger partial charge in [0.2, 0.25) is 0 Å². The maximum atomic E-state index is 4.23. The quantitative estimate of drug-likeness (QED) is 0.488. The molecule has 0 aromatic heterocycles. The van der Waals surface area contributed by atoms with Crippen LogP contribution < -0.4 is 5.32 Å². The summed E-state index contributed by atoms with van der Waals surface area (Å²) in [4.78, 5) is 4.94. The van der Waals surface area contributed by atoms with Gasteiger partial charge in [0.05, 0.1) is 0 Å². The monoisotopic (exact) mass is 395 g/mol. The topological polar surface area (TPSA) is 18.5 Å². The molecule has 1 heterocycles. The van der Waals surface area contributed by atoms with Crippen molar-refractivity contribution in [2.75, 3.05) is 27.7 Å². The van der Waals surface area contributed by atoms with Crippen molar-refractivity contribution in [3.63, 3.8) is 0 Å². The van der Waals surface area contributed by atoms with Crippen LogP contribution in [-0.4, -0.2) is 49.6 Å². The molecule has 1 aromatic rings. The minimum Gasteiger partial charge on any atom is -0.391 e. The number of nitrogens with zero attached hydrogens (tertiary/aromatic N) is 2. The van der Waals surface area contributed by atoms with E-state index in [4.69, 9.17) is 0 Å². The molecule has 2 unspecified atom stereocenters. The lowest BCUT2D eigenvalue weighted by atomic mass is 9.94. The highest BCUT2D eigenvalue weighted by Gasteiger charge is 2.20. The lowest BCUT2D eigenvalue weighted by molar-refractivity contribution is 0.176. The summed E-state index contributed by atoms with van der Waals surface area (Å²) in [6, 6.07) is 7.93. The summed E-state index contributed by atoms with van der Waals surface area (Å²) in [5.41, 5.74) is 5.08. The molecular weight excluding hydrogens is 354 g/mol. The zero-order valence-corrected chi connectivity index (χ0v) is 18.9. The molecule has 2 atom stereocenters. The molecule has 0 saturated carbocycles. The van der Waals surface area contributed by atoms with Crippen molar-refractivity contribution < 1.29 is 0 Å². The number of hydrogen-bond acceptors (Lipinski definition) is 3. The lowest BCUT2D eigenvalue weighted by Gasteiger charge is -2.32. The molecule has 1 aliphatic heterocycles. The Bertz CT molecular complexity index is 679. The van der Waals surface area contributed by atoms with Crippen LogP contribution in [0.4, 0.5) is 0 Å². The van der Waals surface area contributed by atoms with Crippen LogP contribution in [0.1, 0.15) is 55.2 Å². The van der Waals surface area contributed by atoms with Gasteiger partial charge in [-0.3, -0.25) is 4.90 Å². The van der Waals surface area contributed by atoms with Gasteiger partial charge in [-0.1, -0.05) is 49.9 Å².